The molecule has 2 unspecified atom stereocenters. The Balaban J connectivity index is 1.32. The van der Waals surface area contributed by atoms with E-state index in [1.165, 1.54) is 24.2 Å². The minimum Gasteiger partial charge on any atom is -0.452 e. The molecule has 4 aliphatic rings. The molecule has 4 fully saturated rings. The molecule has 168 valence electrons. The van der Waals surface area contributed by atoms with E-state index in [0.29, 0.717) is 16.9 Å². The Morgan fingerprint density at radius 3 is 2.47 bits per heavy atom. The van der Waals surface area contributed by atoms with Crippen LogP contribution in [0.1, 0.15) is 51.0 Å². The predicted octanol–water partition coefficient (Wildman–Crippen LogP) is 5.80. The van der Waals surface area contributed by atoms with Crippen molar-refractivity contribution >= 4 is 40.9 Å². The van der Waals surface area contributed by atoms with Gasteiger partial charge in [0.25, 0.3) is 5.91 Å². The third-order valence-electron chi connectivity index (χ3n) is 7.58. The summed E-state index contributed by atoms with van der Waals surface area (Å²) < 4.78 is 5.77. The molecule has 32 heavy (non-hydrogen) atoms. The minimum absolute atomic E-state index is 0.0383. The van der Waals surface area contributed by atoms with E-state index in [1.54, 1.807) is 6.92 Å². The molecule has 0 spiro atoms. The lowest BCUT2D eigenvalue weighted by Gasteiger charge is -2.61. The van der Waals surface area contributed by atoms with E-state index in [-0.39, 0.29) is 22.2 Å². The summed E-state index contributed by atoms with van der Waals surface area (Å²) in [7, 11) is 0. The molecular formula is C25H26Cl2N2O3. The van der Waals surface area contributed by atoms with Crippen molar-refractivity contribution in [2.75, 3.05) is 5.32 Å². The number of anilines is 1. The van der Waals surface area contributed by atoms with Crippen LogP contribution in [0.25, 0.3) is 0 Å². The van der Waals surface area contributed by atoms with Crippen molar-refractivity contribution in [2.45, 2.75) is 57.0 Å². The van der Waals surface area contributed by atoms with Crippen LogP contribution >= 0.6 is 23.2 Å². The van der Waals surface area contributed by atoms with Crippen LogP contribution in [-0.2, 0) is 19.7 Å². The fourth-order valence-corrected chi connectivity index (χ4v) is 7.12. The highest BCUT2D eigenvalue weighted by Gasteiger charge is 2.61. The Bertz CT molecular complexity index is 1040. The van der Waals surface area contributed by atoms with Gasteiger partial charge in [-0.2, -0.15) is 0 Å². The largest absolute Gasteiger partial charge is 0.452 e. The number of amides is 1. The molecule has 1 aromatic heterocycles. The van der Waals surface area contributed by atoms with Crippen LogP contribution in [0, 0.1) is 17.3 Å². The SMILES string of the molecule is C[C@@H](OC(=O)C12C[C@H]3C[C@@H](C1)CC(c1ccccc1)(C3)C2)C(=O)Nc1ncc(Cl)cc1Cl. The number of nitrogens with zero attached hydrogens (tertiary/aromatic N) is 1. The third-order valence-corrected chi connectivity index (χ3v) is 8.08. The van der Waals surface area contributed by atoms with E-state index in [4.69, 9.17) is 27.9 Å². The molecule has 2 aromatic rings. The maximum atomic E-state index is 13.5. The zero-order valence-corrected chi connectivity index (χ0v) is 19.5. The average Bonchev–Trinajstić information content (AvgIpc) is 2.75. The Hall–Kier alpha value is -2.11. The van der Waals surface area contributed by atoms with Crippen molar-refractivity contribution in [2.24, 2.45) is 17.3 Å². The number of pyridine rings is 1. The van der Waals surface area contributed by atoms with Gasteiger partial charge in [0, 0.05) is 6.20 Å². The highest BCUT2D eigenvalue weighted by Crippen LogP contribution is 2.66. The fourth-order valence-electron chi connectivity index (χ4n) is 6.69. The summed E-state index contributed by atoms with van der Waals surface area (Å²) in [6.07, 6.45) is 6.44. The van der Waals surface area contributed by atoms with E-state index < -0.39 is 17.4 Å². The normalized spacial score (nSPS) is 31.2. The topological polar surface area (TPSA) is 68.3 Å². The lowest BCUT2D eigenvalue weighted by molar-refractivity contribution is -0.180. The molecule has 1 amide bonds. The average molecular weight is 473 g/mol. The second-order valence-electron chi connectivity index (χ2n) is 9.91. The second-order valence-corrected chi connectivity index (χ2v) is 10.8. The summed E-state index contributed by atoms with van der Waals surface area (Å²) in [4.78, 5) is 30.2. The number of carbonyl (C=O) groups is 2. The maximum Gasteiger partial charge on any atom is 0.312 e. The van der Waals surface area contributed by atoms with Gasteiger partial charge in [0.2, 0.25) is 0 Å². The molecule has 0 aliphatic heterocycles. The minimum atomic E-state index is -0.947. The lowest BCUT2D eigenvalue weighted by Crippen LogP contribution is -2.57. The molecule has 4 saturated carbocycles. The summed E-state index contributed by atoms with van der Waals surface area (Å²) >= 11 is 12.0. The maximum absolute atomic E-state index is 13.5. The molecule has 4 bridgehead atoms. The van der Waals surface area contributed by atoms with Gasteiger partial charge in [-0.25, -0.2) is 4.98 Å². The summed E-state index contributed by atoms with van der Waals surface area (Å²) in [5.41, 5.74) is 0.863. The number of aromatic nitrogens is 1. The standard InChI is InChI=1S/C25H26Cl2N2O3/c1-15(22(30)29-21-20(27)8-19(26)13-28-21)32-23(31)25-11-16-7-17(12-25)10-24(9-16,14-25)18-5-3-2-4-6-18/h2-6,8,13,15-17H,7,9-12,14H2,1H3,(H,28,29,30)/t15-,16-,17+,24?,25?/m1/s1. The number of hydrogen-bond donors (Lipinski definition) is 1. The van der Waals surface area contributed by atoms with E-state index in [2.05, 4.69) is 34.6 Å². The lowest BCUT2D eigenvalue weighted by atomic mass is 9.43. The van der Waals surface area contributed by atoms with Crippen molar-refractivity contribution in [3.8, 4) is 0 Å². The highest BCUT2D eigenvalue weighted by molar-refractivity contribution is 6.36. The highest BCUT2D eigenvalue weighted by atomic mass is 35.5. The first-order valence-electron chi connectivity index (χ1n) is 11.2. The fraction of sp³-hybridized carbons (Fsp3) is 0.480. The van der Waals surface area contributed by atoms with Gasteiger partial charge in [-0.05, 0) is 74.3 Å². The number of ether oxygens (including phenoxy) is 1. The summed E-state index contributed by atoms with van der Waals surface area (Å²) in [5.74, 6) is 0.555. The van der Waals surface area contributed by atoms with Crippen molar-refractivity contribution in [1.82, 2.24) is 4.98 Å². The zero-order chi connectivity index (χ0) is 22.5. The molecule has 1 aromatic carbocycles. The van der Waals surface area contributed by atoms with Crippen molar-refractivity contribution in [3.05, 3.63) is 58.2 Å². The number of rotatable bonds is 5. The van der Waals surface area contributed by atoms with E-state index in [0.717, 1.165) is 32.1 Å². The Kier molecular flexibility index (Phi) is 5.45. The van der Waals surface area contributed by atoms with Crippen LogP contribution in [0.15, 0.2) is 42.6 Å². The van der Waals surface area contributed by atoms with Crippen LogP contribution < -0.4 is 5.32 Å². The molecule has 4 aliphatic carbocycles. The van der Waals surface area contributed by atoms with Gasteiger partial charge < -0.3 is 10.1 Å². The number of benzene rings is 1. The molecule has 6 rings (SSSR count). The zero-order valence-electron chi connectivity index (χ0n) is 17.9. The van der Waals surface area contributed by atoms with Crippen LogP contribution in [0.3, 0.4) is 0 Å². The van der Waals surface area contributed by atoms with Crippen LogP contribution in [0.2, 0.25) is 10.0 Å². The summed E-state index contributed by atoms with van der Waals surface area (Å²) in [6.45, 7) is 1.59. The first kappa shape index (κ1) is 21.7. The molecule has 7 heteroatoms. The summed E-state index contributed by atoms with van der Waals surface area (Å²) in [5, 5.41) is 3.24. The van der Waals surface area contributed by atoms with Gasteiger partial charge in [0.1, 0.15) is 0 Å². The van der Waals surface area contributed by atoms with Crippen molar-refractivity contribution in [1.29, 1.82) is 0 Å². The van der Waals surface area contributed by atoms with Gasteiger partial charge in [0.05, 0.1) is 15.5 Å². The van der Waals surface area contributed by atoms with Crippen molar-refractivity contribution in [3.63, 3.8) is 0 Å². The molecular weight excluding hydrogens is 447 g/mol. The first-order valence-corrected chi connectivity index (χ1v) is 11.9. The van der Waals surface area contributed by atoms with Gasteiger partial charge in [-0.1, -0.05) is 53.5 Å². The van der Waals surface area contributed by atoms with E-state index in [9.17, 15) is 9.59 Å². The number of carbonyl (C=O) groups excluding carboxylic acids is 2. The van der Waals surface area contributed by atoms with Gasteiger partial charge in [0.15, 0.2) is 11.9 Å². The number of hydrogen-bond acceptors (Lipinski definition) is 4. The van der Waals surface area contributed by atoms with Crippen LogP contribution in [-0.4, -0.2) is 23.0 Å². The molecule has 1 heterocycles. The predicted molar refractivity (Wildman–Crippen MR) is 124 cm³/mol. The second kappa shape index (κ2) is 8.03. The van der Waals surface area contributed by atoms with Crippen LogP contribution in [0.4, 0.5) is 5.82 Å². The van der Waals surface area contributed by atoms with E-state index in [1.807, 2.05) is 6.07 Å². The third kappa shape index (κ3) is 3.80. The van der Waals surface area contributed by atoms with Crippen LogP contribution in [0.5, 0.6) is 0 Å². The van der Waals surface area contributed by atoms with Gasteiger partial charge in [-0.3, -0.25) is 9.59 Å². The number of esters is 1. The smallest absolute Gasteiger partial charge is 0.312 e. The quantitative estimate of drug-likeness (QED) is 0.558. The molecule has 0 saturated heterocycles. The molecule has 5 nitrogen and oxygen atoms in total. The Morgan fingerprint density at radius 2 is 1.81 bits per heavy atom. The molecule has 5 atom stereocenters. The van der Waals surface area contributed by atoms with Crippen molar-refractivity contribution < 1.29 is 14.3 Å². The van der Waals surface area contributed by atoms with Gasteiger partial charge >= 0.3 is 5.97 Å². The van der Waals surface area contributed by atoms with Gasteiger partial charge in [-0.15, -0.1) is 0 Å². The number of halogens is 2. The number of nitrogens with one attached hydrogen (secondary N) is 1. The Morgan fingerprint density at radius 1 is 1.12 bits per heavy atom. The molecule has 0 radical (unpaired) electrons. The molecule has 1 N–H and O–H groups in total. The monoisotopic (exact) mass is 472 g/mol. The van der Waals surface area contributed by atoms with E-state index >= 15 is 0 Å². The first-order chi connectivity index (χ1) is 15.3. The summed E-state index contributed by atoms with van der Waals surface area (Å²) in [6, 6.07) is 12.1. The Labute approximate surface area is 197 Å².